The second-order valence-corrected chi connectivity index (χ2v) is 7.96. The van der Waals surface area contributed by atoms with Gasteiger partial charge in [-0.3, -0.25) is 4.79 Å². The maximum atomic E-state index is 12.1. The van der Waals surface area contributed by atoms with Gasteiger partial charge >= 0.3 is 5.97 Å². The summed E-state index contributed by atoms with van der Waals surface area (Å²) in [6.45, 7) is 2.22. The Morgan fingerprint density at radius 3 is 2.00 bits per heavy atom. The number of carboxylic acid groups (broad SMARTS) is 1. The Balaban J connectivity index is 2.13. The molecule has 0 unspecified atom stereocenters. The molecule has 0 aliphatic carbocycles. The Labute approximate surface area is 192 Å². The normalized spacial score (nSPS) is 12.7. The van der Waals surface area contributed by atoms with E-state index in [1.54, 1.807) is 12.1 Å². The largest absolute Gasteiger partial charge is 0.508 e. The number of unbranched alkanes of at least 4 members (excludes halogenated alkanes) is 5. The third kappa shape index (κ3) is 14.2. The average molecular weight is 442 g/mol. The molecule has 1 aromatic carbocycles. The van der Waals surface area contributed by atoms with Crippen LogP contribution in [0.25, 0.3) is 0 Å². The lowest BCUT2D eigenvalue weighted by Crippen LogP contribution is -2.42. The van der Waals surface area contributed by atoms with Crippen LogP contribution in [0.3, 0.4) is 0 Å². The van der Waals surface area contributed by atoms with Crippen molar-refractivity contribution >= 4 is 11.9 Å². The Morgan fingerprint density at radius 2 is 1.44 bits per heavy atom. The average Bonchev–Trinajstić information content (AvgIpc) is 2.77. The van der Waals surface area contributed by atoms with Crippen molar-refractivity contribution in [3.63, 3.8) is 0 Å². The topological polar surface area (TPSA) is 86.6 Å². The molecule has 1 aromatic rings. The number of aromatic hydroxyl groups is 1. The minimum atomic E-state index is -1.06. The molecule has 0 radical (unpaired) electrons. The first-order chi connectivity index (χ1) is 15.5. The molecule has 32 heavy (non-hydrogen) atoms. The molecule has 5 heteroatoms. The number of carbonyl (C=O) groups is 2. The molecule has 0 saturated heterocycles. The third-order valence-electron chi connectivity index (χ3n) is 5.05. The van der Waals surface area contributed by atoms with Crippen LogP contribution in [0.2, 0.25) is 0 Å². The number of amides is 1. The second kappa shape index (κ2) is 17.8. The highest BCUT2D eigenvalue weighted by atomic mass is 16.4. The lowest BCUT2D eigenvalue weighted by molar-refractivity contribution is -0.141. The van der Waals surface area contributed by atoms with E-state index in [2.05, 4.69) is 48.7 Å². The van der Waals surface area contributed by atoms with E-state index in [-0.39, 0.29) is 18.1 Å². The van der Waals surface area contributed by atoms with Crippen molar-refractivity contribution in [3.8, 4) is 5.75 Å². The van der Waals surface area contributed by atoms with Crippen LogP contribution in [0.1, 0.15) is 76.7 Å². The van der Waals surface area contributed by atoms with E-state index >= 15 is 0 Å². The van der Waals surface area contributed by atoms with Crippen LogP contribution in [-0.4, -0.2) is 28.1 Å². The van der Waals surface area contributed by atoms with E-state index in [1.807, 2.05) is 0 Å². The molecule has 0 aliphatic rings. The molecule has 0 spiro atoms. The number of carboxylic acids is 1. The van der Waals surface area contributed by atoms with Crippen LogP contribution in [0.15, 0.2) is 60.7 Å². The Kier molecular flexibility index (Phi) is 15.2. The summed E-state index contributed by atoms with van der Waals surface area (Å²) >= 11 is 0. The number of benzene rings is 1. The quantitative estimate of drug-likeness (QED) is 0.202. The number of rotatable bonds is 17. The van der Waals surface area contributed by atoms with Crippen LogP contribution in [0, 0.1) is 0 Å². The number of nitrogens with one attached hydrogen (secondary N) is 1. The number of phenols is 1. The summed E-state index contributed by atoms with van der Waals surface area (Å²) in [7, 11) is 0. The predicted octanol–water partition coefficient (Wildman–Crippen LogP) is 6.09. The number of aliphatic carboxylic acids is 1. The zero-order valence-electron chi connectivity index (χ0n) is 19.3. The molecule has 0 bridgehead atoms. The molecule has 5 nitrogen and oxygen atoms in total. The predicted molar refractivity (Wildman–Crippen MR) is 131 cm³/mol. The van der Waals surface area contributed by atoms with Crippen LogP contribution >= 0.6 is 0 Å². The van der Waals surface area contributed by atoms with Crippen LogP contribution < -0.4 is 5.32 Å². The van der Waals surface area contributed by atoms with Gasteiger partial charge in [-0.1, -0.05) is 68.4 Å². The molecule has 0 aromatic heterocycles. The van der Waals surface area contributed by atoms with E-state index in [9.17, 15) is 19.8 Å². The monoisotopic (exact) mass is 441 g/mol. The molecule has 176 valence electrons. The van der Waals surface area contributed by atoms with Gasteiger partial charge in [-0.2, -0.15) is 0 Å². The molecule has 0 aliphatic heterocycles. The molecule has 1 atom stereocenters. The highest BCUT2D eigenvalue weighted by Crippen LogP contribution is 2.12. The van der Waals surface area contributed by atoms with Gasteiger partial charge in [-0.15, -0.1) is 0 Å². The molecule has 0 fully saturated rings. The Morgan fingerprint density at radius 1 is 0.875 bits per heavy atom. The maximum absolute atomic E-state index is 12.1. The minimum Gasteiger partial charge on any atom is -0.508 e. The van der Waals surface area contributed by atoms with Gasteiger partial charge in [-0.25, -0.2) is 4.79 Å². The fraction of sp³-hybridized carbons (Fsp3) is 0.481. The van der Waals surface area contributed by atoms with Gasteiger partial charge in [0.25, 0.3) is 0 Å². The molecule has 0 saturated carbocycles. The van der Waals surface area contributed by atoms with Crippen molar-refractivity contribution in [1.82, 2.24) is 5.32 Å². The SMILES string of the molecule is CCCCCC=CCC=CCC=CCCCCC(=O)N[C@@H](Cc1ccc(O)cc1)C(=O)O. The number of hydrogen-bond donors (Lipinski definition) is 3. The van der Waals surface area contributed by atoms with Gasteiger partial charge in [0, 0.05) is 12.8 Å². The van der Waals surface area contributed by atoms with Crippen LogP contribution in [0.5, 0.6) is 5.75 Å². The first-order valence-electron chi connectivity index (χ1n) is 11.8. The zero-order chi connectivity index (χ0) is 23.4. The van der Waals surface area contributed by atoms with Crippen molar-refractivity contribution < 1.29 is 19.8 Å². The highest BCUT2D eigenvalue weighted by molar-refractivity contribution is 5.83. The lowest BCUT2D eigenvalue weighted by atomic mass is 10.1. The number of hydrogen-bond acceptors (Lipinski definition) is 3. The summed E-state index contributed by atoms with van der Waals surface area (Å²) in [4.78, 5) is 23.5. The van der Waals surface area contributed by atoms with Gasteiger partial charge < -0.3 is 15.5 Å². The van der Waals surface area contributed by atoms with Crippen LogP contribution in [-0.2, 0) is 16.0 Å². The maximum Gasteiger partial charge on any atom is 0.326 e. The zero-order valence-corrected chi connectivity index (χ0v) is 19.3. The molecule has 3 N–H and O–H groups in total. The summed E-state index contributed by atoms with van der Waals surface area (Å²) in [5, 5.41) is 21.3. The number of carbonyl (C=O) groups excluding carboxylic acids is 1. The van der Waals surface area contributed by atoms with Crippen molar-refractivity contribution in [1.29, 1.82) is 0 Å². The highest BCUT2D eigenvalue weighted by Gasteiger charge is 2.20. The Hall–Kier alpha value is -2.82. The minimum absolute atomic E-state index is 0.125. The van der Waals surface area contributed by atoms with Gasteiger partial charge in [-0.05, 0) is 62.6 Å². The standard InChI is InChI=1S/C27H39NO4/c1-2-3-4-5-6-7-8-9-10-11-12-13-14-15-16-17-26(30)28-25(27(31)32)22-23-18-20-24(29)21-19-23/h6-7,9-10,12-13,18-21,25,29H,2-5,8,11,14-17,22H2,1H3,(H,28,30)(H,31,32)/t25-/m0/s1. The Bertz CT molecular complexity index is 735. The smallest absolute Gasteiger partial charge is 0.326 e. The molecule has 1 amide bonds. The van der Waals surface area contributed by atoms with Crippen molar-refractivity contribution in [2.24, 2.45) is 0 Å². The number of allylic oxidation sites excluding steroid dienone is 6. The van der Waals surface area contributed by atoms with Gasteiger partial charge in [0.15, 0.2) is 0 Å². The van der Waals surface area contributed by atoms with Crippen molar-refractivity contribution in [3.05, 3.63) is 66.3 Å². The first-order valence-corrected chi connectivity index (χ1v) is 11.8. The lowest BCUT2D eigenvalue weighted by Gasteiger charge is -2.14. The van der Waals surface area contributed by atoms with Gasteiger partial charge in [0.1, 0.15) is 11.8 Å². The van der Waals surface area contributed by atoms with Crippen LogP contribution in [0.4, 0.5) is 0 Å². The fourth-order valence-electron chi connectivity index (χ4n) is 3.17. The molecule has 0 heterocycles. The van der Waals surface area contributed by atoms with Gasteiger partial charge in [0.2, 0.25) is 5.91 Å². The summed E-state index contributed by atoms with van der Waals surface area (Å²) in [6.07, 6.45) is 23.1. The van der Waals surface area contributed by atoms with E-state index in [4.69, 9.17) is 0 Å². The summed E-state index contributed by atoms with van der Waals surface area (Å²) in [6, 6.07) is 5.36. The van der Waals surface area contributed by atoms with E-state index in [1.165, 1.54) is 37.8 Å². The first kappa shape index (κ1) is 27.2. The summed E-state index contributed by atoms with van der Waals surface area (Å²) in [5.74, 6) is -1.18. The van der Waals surface area contributed by atoms with E-state index in [0.29, 0.717) is 6.42 Å². The number of phenolic OH excluding ortho intramolecular Hbond substituents is 1. The van der Waals surface area contributed by atoms with Crippen molar-refractivity contribution in [2.75, 3.05) is 0 Å². The van der Waals surface area contributed by atoms with E-state index < -0.39 is 12.0 Å². The second-order valence-electron chi connectivity index (χ2n) is 7.96. The van der Waals surface area contributed by atoms with Gasteiger partial charge in [0.05, 0.1) is 0 Å². The summed E-state index contributed by atoms with van der Waals surface area (Å²) in [5.41, 5.74) is 0.748. The van der Waals surface area contributed by atoms with E-state index in [0.717, 1.165) is 37.7 Å². The molecular formula is C27H39NO4. The molecular weight excluding hydrogens is 402 g/mol. The molecule has 1 rings (SSSR count). The fourth-order valence-corrected chi connectivity index (χ4v) is 3.17. The van der Waals surface area contributed by atoms with Crippen molar-refractivity contribution in [2.45, 2.75) is 83.6 Å². The third-order valence-corrected chi connectivity index (χ3v) is 5.05. The summed E-state index contributed by atoms with van der Waals surface area (Å²) < 4.78 is 0.